The third-order valence-electron chi connectivity index (χ3n) is 6.58. The number of esters is 1. The van der Waals surface area contributed by atoms with E-state index in [1.165, 1.54) is 23.8 Å². The largest absolute Gasteiger partial charge is 0.489 e. The number of rotatable bonds is 12. The van der Waals surface area contributed by atoms with Crippen molar-refractivity contribution < 1.29 is 14.3 Å². The van der Waals surface area contributed by atoms with Crippen molar-refractivity contribution in [3.8, 4) is 5.75 Å². The Labute approximate surface area is 220 Å². The van der Waals surface area contributed by atoms with Gasteiger partial charge < -0.3 is 14.8 Å². The summed E-state index contributed by atoms with van der Waals surface area (Å²) in [5.74, 6) is 0.879. The number of carbonyl (C=O) groups excluding carboxylic acids is 1. The van der Waals surface area contributed by atoms with E-state index >= 15 is 0 Å². The fourth-order valence-corrected chi connectivity index (χ4v) is 4.54. The van der Waals surface area contributed by atoms with Gasteiger partial charge in [-0.2, -0.15) is 0 Å². The minimum absolute atomic E-state index is 0.334. The first kappa shape index (κ1) is 26.2. The van der Waals surface area contributed by atoms with Crippen LogP contribution in [0.4, 0.5) is 0 Å². The monoisotopic (exact) mass is 493 g/mol. The zero-order valence-electron chi connectivity index (χ0n) is 21.6. The number of carbonyl (C=O) groups is 1. The van der Waals surface area contributed by atoms with Gasteiger partial charge in [0.2, 0.25) is 0 Å². The molecular weight excluding hydrogens is 458 g/mol. The summed E-state index contributed by atoms with van der Waals surface area (Å²) in [6.45, 7) is 3.64. The maximum absolute atomic E-state index is 11.6. The molecule has 0 aliphatic rings. The molecule has 0 fully saturated rings. The van der Waals surface area contributed by atoms with Crippen LogP contribution in [0, 0.1) is 0 Å². The van der Waals surface area contributed by atoms with Crippen LogP contribution in [0.25, 0.3) is 0 Å². The van der Waals surface area contributed by atoms with Crippen molar-refractivity contribution in [1.82, 2.24) is 5.32 Å². The number of hydrogen-bond acceptors (Lipinski definition) is 4. The van der Waals surface area contributed by atoms with Gasteiger partial charge in [0.15, 0.2) is 0 Å². The summed E-state index contributed by atoms with van der Waals surface area (Å²) in [5, 5.41) is 3.71. The van der Waals surface area contributed by atoms with E-state index in [0.717, 1.165) is 30.7 Å². The van der Waals surface area contributed by atoms with Crippen LogP contribution < -0.4 is 10.1 Å². The van der Waals surface area contributed by atoms with Gasteiger partial charge >= 0.3 is 5.97 Å². The van der Waals surface area contributed by atoms with E-state index in [1.807, 2.05) is 24.3 Å². The SMILES string of the molecule is COC(=O)c1ccc(COc2ccc(CC(C)NCCC(c3ccccc3)c3ccccc3)cc2)cc1. The fourth-order valence-electron chi connectivity index (χ4n) is 4.54. The molecular formula is C33H35NO3. The van der Waals surface area contributed by atoms with Gasteiger partial charge in [-0.05, 0) is 72.8 Å². The molecule has 0 saturated carbocycles. The number of nitrogens with one attached hydrogen (secondary N) is 1. The topological polar surface area (TPSA) is 47.6 Å². The molecule has 4 heteroatoms. The van der Waals surface area contributed by atoms with E-state index in [4.69, 9.17) is 9.47 Å². The average molecular weight is 494 g/mol. The number of ether oxygens (including phenoxy) is 2. The normalized spacial score (nSPS) is 11.8. The third-order valence-corrected chi connectivity index (χ3v) is 6.58. The molecule has 0 aromatic heterocycles. The van der Waals surface area contributed by atoms with Crippen molar-refractivity contribution in [3.63, 3.8) is 0 Å². The second-order valence-corrected chi connectivity index (χ2v) is 9.34. The molecule has 0 aliphatic heterocycles. The summed E-state index contributed by atoms with van der Waals surface area (Å²) in [7, 11) is 1.38. The highest BCUT2D eigenvalue weighted by Crippen LogP contribution is 2.27. The van der Waals surface area contributed by atoms with Gasteiger partial charge in [0, 0.05) is 12.0 Å². The van der Waals surface area contributed by atoms with Gasteiger partial charge in [0.05, 0.1) is 12.7 Å². The molecule has 0 radical (unpaired) electrons. The zero-order chi connectivity index (χ0) is 25.9. The molecule has 37 heavy (non-hydrogen) atoms. The van der Waals surface area contributed by atoms with Crippen LogP contribution in [0.5, 0.6) is 5.75 Å². The number of hydrogen-bond donors (Lipinski definition) is 1. The van der Waals surface area contributed by atoms with Gasteiger partial charge in [-0.15, -0.1) is 0 Å². The Balaban J connectivity index is 1.24. The van der Waals surface area contributed by atoms with Crippen molar-refractivity contribution in [2.24, 2.45) is 0 Å². The Kier molecular flexibility index (Phi) is 9.50. The standard InChI is InChI=1S/C33H35NO3/c1-25(34-22-21-32(28-9-5-3-6-10-28)29-11-7-4-8-12-29)23-26-15-19-31(20-16-26)37-24-27-13-17-30(18-14-27)33(35)36-2/h3-20,25,32,34H,21-24H2,1-2H3. The van der Waals surface area contributed by atoms with Crippen LogP contribution in [0.3, 0.4) is 0 Å². The molecule has 0 spiro atoms. The van der Waals surface area contributed by atoms with E-state index in [-0.39, 0.29) is 5.97 Å². The van der Waals surface area contributed by atoms with E-state index in [2.05, 4.69) is 85.0 Å². The lowest BCUT2D eigenvalue weighted by Crippen LogP contribution is -2.30. The van der Waals surface area contributed by atoms with Gasteiger partial charge in [-0.1, -0.05) is 84.9 Å². The van der Waals surface area contributed by atoms with Gasteiger partial charge in [-0.25, -0.2) is 4.79 Å². The minimum Gasteiger partial charge on any atom is -0.489 e. The first-order valence-electron chi connectivity index (χ1n) is 12.8. The van der Waals surface area contributed by atoms with E-state index in [0.29, 0.717) is 24.1 Å². The lowest BCUT2D eigenvalue weighted by Gasteiger charge is -2.20. The molecule has 1 N–H and O–H groups in total. The summed E-state index contributed by atoms with van der Waals surface area (Å²) in [4.78, 5) is 11.6. The molecule has 0 saturated heterocycles. The predicted octanol–water partition coefficient (Wildman–Crippen LogP) is 6.80. The minimum atomic E-state index is -0.334. The summed E-state index contributed by atoms with van der Waals surface area (Å²) >= 11 is 0. The van der Waals surface area contributed by atoms with Crippen LogP contribution in [0.15, 0.2) is 109 Å². The molecule has 4 rings (SSSR count). The first-order valence-corrected chi connectivity index (χ1v) is 12.8. The molecule has 0 amide bonds. The Morgan fingerprint density at radius 1 is 0.757 bits per heavy atom. The Hall–Kier alpha value is -3.89. The van der Waals surface area contributed by atoms with E-state index < -0.39 is 0 Å². The maximum Gasteiger partial charge on any atom is 0.337 e. The van der Waals surface area contributed by atoms with Crippen LogP contribution >= 0.6 is 0 Å². The molecule has 4 aromatic rings. The summed E-state index contributed by atoms with van der Waals surface area (Å²) < 4.78 is 10.7. The summed E-state index contributed by atoms with van der Waals surface area (Å²) in [6.07, 6.45) is 2.00. The maximum atomic E-state index is 11.6. The zero-order valence-corrected chi connectivity index (χ0v) is 21.6. The average Bonchev–Trinajstić information content (AvgIpc) is 2.96. The highest BCUT2D eigenvalue weighted by atomic mass is 16.5. The van der Waals surface area contributed by atoms with Crippen molar-refractivity contribution in [2.45, 2.75) is 38.3 Å². The number of methoxy groups -OCH3 is 1. The molecule has 190 valence electrons. The highest BCUT2D eigenvalue weighted by Gasteiger charge is 2.14. The number of benzene rings is 4. The first-order chi connectivity index (χ1) is 18.1. The highest BCUT2D eigenvalue weighted by molar-refractivity contribution is 5.89. The van der Waals surface area contributed by atoms with Crippen molar-refractivity contribution >= 4 is 5.97 Å². The third kappa shape index (κ3) is 7.80. The van der Waals surface area contributed by atoms with Crippen LogP contribution in [0.2, 0.25) is 0 Å². The Bertz CT molecular complexity index is 1180. The second kappa shape index (κ2) is 13.4. The molecule has 4 nitrogen and oxygen atoms in total. The smallest absolute Gasteiger partial charge is 0.337 e. The molecule has 1 unspecified atom stereocenters. The quantitative estimate of drug-likeness (QED) is 0.221. The summed E-state index contributed by atoms with van der Waals surface area (Å²) in [6, 6.07) is 37.5. The molecule has 0 bridgehead atoms. The Morgan fingerprint density at radius 2 is 1.32 bits per heavy atom. The van der Waals surface area contributed by atoms with E-state index in [1.54, 1.807) is 12.1 Å². The van der Waals surface area contributed by atoms with Crippen molar-refractivity contribution in [1.29, 1.82) is 0 Å². The molecule has 1 atom stereocenters. The van der Waals surface area contributed by atoms with E-state index in [9.17, 15) is 4.79 Å². The van der Waals surface area contributed by atoms with Crippen molar-refractivity contribution in [3.05, 3.63) is 137 Å². The van der Waals surface area contributed by atoms with Gasteiger partial charge in [0.1, 0.15) is 12.4 Å². The lowest BCUT2D eigenvalue weighted by atomic mass is 9.88. The van der Waals surface area contributed by atoms with Crippen LogP contribution in [-0.2, 0) is 17.8 Å². The fraction of sp³-hybridized carbons (Fsp3) is 0.242. The summed E-state index contributed by atoms with van der Waals surface area (Å²) in [5.41, 5.74) is 5.53. The van der Waals surface area contributed by atoms with Gasteiger partial charge in [0.25, 0.3) is 0 Å². The van der Waals surface area contributed by atoms with Gasteiger partial charge in [-0.3, -0.25) is 0 Å². The molecule has 0 aliphatic carbocycles. The Morgan fingerprint density at radius 3 is 1.89 bits per heavy atom. The predicted molar refractivity (Wildman–Crippen MR) is 149 cm³/mol. The second-order valence-electron chi connectivity index (χ2n) is 9.34. The van der Waals surface area contributed by atoms with Crippen molar-refractivity contribution in [2.75, 3.05) is 13.7 Å². The van der Waals surface area contributed by atoms with Crippen LogP contribution in [-0.4, -0.2) is 25.7 Å². The molecule has 0 heterocycles. The molecule has 4 aromatic carbocycles. The van der Waals surface area contributed by atoms with Crippen LogP contribution in [0.1, 0.15) is 51.9 Å². The lowest BCUT2D eigenvalue weighted by molar-refractivity contribution is 0.0600.